The molecule has 1 rings (SSSR count). The van der Waals surface area contributed by atoms with Crippen molar-refractivity contribution in [1.29, 1.82) is 0 Å². The number of nitrogens with zero attached hydrogens (tertiary/aromatic N) is 1. The van der Waals surface area contributed by atoms with Gasteiger partial charge in [-0.1, -0.05) is 21.6 Å². The van der Waals surface area contributed by atoms with E-state index in [9.17, 15) is 14.4 Å². The largest absolute Gasteiger partial charge is 0.300 e. The normalized spacial score (nSPS) is 14.9. The molecule has 0 aliphatic carbocycles. The standard InChI is InChI=1S/C10H13NO3S2/c1-8(12)4-6-15-16-7-5-11-9(13)2-3-10(11)14/h2-3H,4-7H2,1H3. The molecule has 0 spiro atoms. The molecule has 0 N–H and O–H groups in total. The van der Waals surface area contributed by atoms with E-state index in [4.69, 9.17) is 0 Å². The van der Waals surface area contributed by atoms with Crippen LogP contribution in [0.2, 0.25) is 0 Å². The van der Waals surface area contributed by atoms with Crippen LogP contribution in [-0.4, -0.2) is 40.5 Å². The first-order valence-corrected chi connectivity index (χ1v) is 7.37. The molecule has 1 aliphatic rings. The van der Waals surface area contributed by atoms with Crippen molar-refractivity contribution in [3.8, 4) is 0 Å². The highest BCUT2D eigenvalue weighted by Gasteiger charge is 2.22. The Morgan fingerprint density at radius 2 is 1.75 bits per heavy atom. The van der Waals surface area contributed by atoms with E-state index in [1.807, 2.05) is 0 Å². The van der Waals surface area contributed by atoms with Gasteiger partial charge in [0.15, 0.2) is 0 Å². The van der Waals surface area contributed by atoms with E-state index < -0.39 is 0 Å². The Hall–Kier alpha value is -0.750. The summed E-state index contributed by atoms with van der Waals surface area (Å²) in [6.07, 6.45) is 3.15. The van der Waals surface area contributed by atoms with Crippen LogP contribution in [0.15, 0.2) is 12.2 Å². The predicted octanol–water partition coefficient (Wildman–Crippen LogP) is 1.27. The Labute approximate surface area is 102 Å². The summed E-state index contributed by atoms with van der Waals surface area (Å²) in [5.41, 5.74) is 0. The molecule has 0 aromatic heterocycles. The topological polar surface area (TPSA) is 54.5 Å². The van der Waals surface area contributed by atoms with Gasteiger partial charge in [0, 0.05) is 36.6 Å². The first-order chi connectivity index (χ1) is 7.61. The molecule has 0 radical (unpaired) electrons. The molecule has 0 fully saturated rings. The van der Waals surface area contributed by atoms with Crippen LogP contribution in [0, 0.1) is 0 Å². The maximum atomic E-state index is 11.2. The average Bonchev–Trinajstić information content (AvgIpc) is 2.53. The molecule has 2 amide bonds. The molecule has 0 bridgehead atoms. The van der Waals surface area contributed by atoms with E-state index in [1.54, 1.807) is 28.5 Å². The number of carbonyl (C=O) groups excluding carboxylic acids is 3. The molecular weight excluding hydrogens is 246 g/mol. The summed E-state index contributed by atoms with van der Waals surface area (Å²) < 4.78 is 0. The Balaban J connectivity index is 2.05. The van der Waals surface area contributed by atoms with Crippen LogP contribution < -0.4 is 0 Å². The highest BCUT2D eigenvalue weighted by atomic mass is 33.1. The second-order valence-corrected chi connectivity index (χ2v) is 5.96. The van der Waals surface area contributed by atoms with E-state index in [2.05, 4.69) is 0 Å². The zero-order valence-corrected chi connectivity index (χ0v) is 10.6. The fourth-order valence-corrected chi connectivity index (χ4v) is 3.13. The number of Topliss-reactive ketones (excluding diaryl/α,β-unsaturated/α-hetero) is 1. The Morgan fingerprint density at radius 3 is 2.31 bits per heavy atom. The highest BCUT2D eigenvalue weighted by molar-refractivity contribution is 8.76. The quantitative estimate of drug-likeness (QED) is 0.391. The molecule has 0 saturated carbocycles. The first kappa shape index (κ1) is 13.3. The molecule has 6 heteroatoms. The van der Waals surface area contributed by atoms with Gasteiger partial charge in [0.05, 0.1) is 0 Å². The van der Waals surface area contributed by atoms with Crippen LogP contribution >= 0.6 is 21.6 Å². The average molecular weight is 259 g/mol. The van der Waals surface area contributed by atoms with Gasteiger partial charge in [-0.25, -0.2) is 0 Å². The van der Waals surface area contributed by atoms with Crippen molar-refractivity contribution in [2.24, 2.45) is 0 Å². The second kappa shape index (κ2) is 6.75. The number of imide groups is 1. The molecule has 88 valence electrons. The zero-order valence-electron chi connectivity index (χ0n) is 8.97. The molecule has 0 aromatic rings. The van der Waals surface area contributed by atoms with Gasteiger partial charge in [-0.05, 0) is 6.92 Å². The molecule has 16 heavy (non-hydrogen) atoms. The third-order valence-corrected chi connectivity index (χ3v) is 4.31. The van der Waals surface area contributed by atoms with Crippen LogP contribution in [0.4, 0.5) is 0 Å². The lowest BCUT2D eigenvalue weighted by atomic mass is 10.4. The van der Waals surface area contributed by atoms with Crippen LogP contribution in [0.25, 0.3) is 0 Å². The summed E-state index contributed by atoms with van der Waals surface area (Å²) in [5.74, 6) is 1.18. The number of carbonyl (C=O) groups is 3. The van der Waals surface area contributed by atoms with Crippen molar-refractivity contribution >= 4 is 39.2 Å². The van der Waals surface area contributed by atoms with Crippen molar-refractivity contribution in [3.63, 3.8) is 0 Å². The highest BCUT2D eigenvalue weighted by Crippen LogP contribution is 2.22. The van der Waals surface area contributed by atoms with Crippen molar-refractivity contribution in [1.82, 2.24) is 4.90 Å². The van der Waals surface area contributed by atoms with Gasteiger partial charge >= 0.3 is 0 Å². The minimum Gasteiger partial charge on any atom is -0.300 e. The van der Waals surface area contributed by atoms with Gasteiger partial charge in [-0.2, -0.15) is 0 Å². The van der Waals surface area contributed by atoms with Gasteiger partial charge in [0.25, 0.3) is 11.8 Å². The lowest BCUT2D eigenvalue weighted by Crippen LogP contribution is -2.31. The monoisotopic (exact) mass is 259 g/mol. The number of hydrogen-bond donors (Lipinski definition) is 0. The fourth-order valence-electron chi connectivity index (χ4n) is 1.08. The summed E-state index contributed by atoms with van der Waals surface area (Å²) in [6.45, 7) is 2.00. The van der Waals surface area contributed by atoms with Crippen molar-refractivity contribution < 1.29 is 14.4 Å². The fraction of sp³-hybridized carbons (Fsp3) is 0.500. The van der Waals surface area contributed by atoms with Gasteiger partial charge in [0.2, 0.25) is 0 Å². The van der Waals surface area contributed by atoms with Crippen LogP contribution in [0.5, 0.6) is 0 Å². The lowest BCUT2D eigenvalue weighted by Gasteiger charge is -2.12. The third kappa shape index (κ3) is 4.40. The van der Waals surface area contributed by atoms with Crippen molar-refractivity contribution in [2.75, 3.05) is 18.1 Å². The molecular formula is C10H13NO3S2. The minimum atomic E-state index is -0.237. The van der Waals surface area contributed by atoms with Crippen LogP contribution in [0.1, 0.15) is 13.3 Å². The summed E-state index contributed by atoms with van der Waals surface area (Å²) in [5, 5.41) is 0. The molecule has 4 nitrogen and oxygen atoms in total. The van der Waals surface area contributed by atoms with Gasteiger partial charge in [0.1, 0.15) is 5.78 Å². The predicted molar refractivity (Wildman–Crippen MR) is 66.1 cm³/mol. The summed E-state index contributed by atoms with van der Waals surface area (Å²) in [6, 6.07) is 0. The van der Waals surface area contributed by atoms with E-state index >= 15 is 0 Å². The molecule has 0 atom stereocenters. The molecule has 1 heterocycles. The Kier molecular flexibility index (Phi) is 5.62. The molecule has 1 aliphatic heterocycles. The number of hydrogen-bond acceptors (Lipinski definition) is 5. The van der Waals surface area contributed by atoms with E-state index in [-0.39, 0.29) is 17.6 Å². The van der Waals surface area contributed by atoms with Gasteiger partial charge < -0.3 is 0 Å². The number of ketones is 1. The number of amides is 2. The first-order valence-electron chi connectivity index (χ1n) is 4.88. The summed E-state index contributed by atoms with van der Waals surface area (Å²) in [4.78, 5) is 34.2. The Bertz CT molecular complexity index is 310. The third-order valence-electron chi connectivity index (χ3n) is 1.92. The Morgan fingerprint density at radius 1 is 1.19 bits per heavy atom. The van der Waals surface area contributed by atoms with E-state index in [1.165, 1.54) is 17.1 Å². The smallest absolute Gasteiger partial charge is 0.253 e. The van der Waals surface area contributed by atoms with Crippen molar-refractivity contribution in [3.05, 3.63) is 12.2 Å². The van der Waals surface area contributed by atoms with Gasteiger partial charge in [-0.15, -0.1) is 0 Å². The summed E-state index contributed by atoms with van der Waals surface area (Å²) in [7, 11) is 3.17. The molecule has 0 unspecified atom stereocenters. The van der Waals surface area contributed by atoms with E-state index in [0.29, 0.717) is 18.7 Å². The second-order valence-electron chi connectivity index (χ2n) is 3.26. The van der Waals surface area contributed by atoms with Crippen molar-refractivity contribution in [2.45, 2.75) is 13.3 Å². The summed E-state index contributed by atoms with van der Waals surface area (Å²) >= 11 is 0. The zero-order chi connectivity index (χ0) is 12.0. The minimum absolute atomic E-state index is 0.183. The lowest BCUT2D eigenvalue weighted by molar-refractivity contribution is -0.136. The maximum absolute atomic E-state index is 11.2. The maximum Gasteiger partial charge on any atom is 0.253 e. The molecule has 0 saturated heterocycles. The van der Waals surface area contributed by atoms with Crippen LogP contribution in [-0.2, 0) is 14.4 Å². The SMILES string of the molecule is CC(=O)CCSSCCN1C(=O)C=CC1=O. The molecule has 0 aromatic carbocycles. The number of rotatable bonds is 7. The van der Waals surface area contributed by atoms with Gasteiger partial charge in [-0.3, -0.25) is 19.3 Å². The van der Waals surface area contributed by atoms with Crippen LogP contribution in [0.3, 0.4) is 0 Å². The van der Waals surface area contributed by atoms with E-state index in [0.717, 1.165) is 5.75 Å².